The van der Waals surface area contributed by atoms with Gasteiger partial charge in [-0.05, 0) is 43.0 Å². The molecule has 0 N–H and O–H groups in total. The van der Waals surface area contributed by atoms with E-state index in [1.165, 1.54) is 6.04 Å². The number of fused-ring (bicyclic) bond motifs is 1. The fourth-order valence-corrected chi connectivity index (χ4v) is 3.99. The Kier molecular flexibility index (Phi) is 5.42. The van der Waals surface area contributed by atoms with Crippen LogP contribution in [0.3, 0.4) is 0 Å². The summed E-state index contributed by atoms with van der Waals surface area (Å²) in [4.78, 5) is 8.99. The van der Waals surface area contributed by atoms with E-state index >= 15 is 0 Å². The molecule has 0 radical (unpaired) electrons. The molecule has 6 heteroatoms. The van der Waals surface area contributed by atoms with Gasteiger partial charge in [0.15, 0.2) is 0 Å². The van der Waals surface area contributed by atoms with Gasteiger partial charge in [-0.15, -0.1) is 0 Å². The van der Waals surface area contributed by atoms with E-state index < -0.39 is 8.07 Å². The summed E-state index contributed by atoms with van der Waals surface area (Å²) in [6.07, 6.45) is 9.78. The van der Waals surface area contributed by atoms with Crippen molar-refractivity contribution >= 4 is 30.7 Å². The van der Waals surface area contributed by atoms with Gasteiger partial charge in [-0.25, -0.2) is 4.98 Å². The fraction of sp³-hybridized carbons (Fsp3) is 0.556. The number of hydrogen-bond donors (Lipinski definition) is 0. The highest BCUT2D eigenvalue weighted by Gasteiger charge is 2.20. The van der Waals surface area contributed by atoms with Gasteiger partial charge in [-0.2, -0.15) is 4.98 Å². The molecular weight excluding hydrogens is 338 g/mol. The number of aromatic nitrogens is 3. The third kappa shape index (κ3) is 4.26. The van der Waals surface area contributed by atoms with Gasteiger partial charge < -0.3 is 9.30 Å². The first-order chi connectivity index (χ1) is 11.4. The third-order valence-electron chi connectivity index (χ3n) is 4.50. The summed E-state index contributed by atoms with van der Waals surface area (Å²) in [6, 6.07) is 3.27. The quantitative estimate of drug-likeness (QED) is 0.305. The standard InChI is InChI=1S/C18H26ClN3OSi/c1-24(2,3)12-11-23-13-22-10-9-15-16(14-7-5-4-6-8-14)20-18(19)21-17(15)22/h4-5,9-10,14H,6-8,11-13H2,1-3H3. The van der Waals surface area contributed by atoms with Gasteiger partial charge in [-0.3, -0.25) is 0 Å². The molecule has 2 aromatic heterocycles. The van der Waals surface area contributed by atoms with Crippen molar-refractivity contribution in [1.82, 2.24) is 14.5 Å². The van der Waals surface area contributed by atoms with Crippen LogP contribution in [0.1, 0.15) is 30.9 Å². The van der Waals surface area contributed by atoms with Crippen LogP contribution in [0, 0.1) is 0 Å². The van der Waals surface area contributed by atoms with E-state index in [1.54, 1.807) is 0 Å². The highest BCUT2D eigenvalue weighted by Crippen LogP contribution is 2.33. The molecule has 1 aliphatic rings. The molecule has 3 rings (SSSR count). The van der Waals surface area contributed by atoms with E-state index in [1.807, 2.05) is 10.8 Å². The number of hydrogen-bond acceptors (Lipinski definition) is 3. The van der Waals surface area contributed by atoms with Crippen molar-refractivity contribution in [3.8, 4) is 0 Å². The molecule has 0 spiro atoms. The first-order valence-electron chi connectivity index (χ1n) is 8.69. The number of halogens is 1. The molecule has 0 saturated heterocycles. The van der Waals surface area contributed by atoms with Crippen LogP contribution < -0.4 is 0 Å². The SMILES string of the molecule is C[Si](C)(C)CCOCn1ccc2c(C3CC=CCC3)nc(Cl)nc21. The lowest BCUT2D eigenvalue weighted by Crippen LogP contribution is -2.22. The van der Waals surface area contributed by atoms with Gasteiger partial charge in [-0.1, -0.05) is 31.8 Å². The lowest BCUT2D eigenvalue weighted by molar-refractivity contribution is 0.0899. The molecule has 2 heterocycles. The van der Waals surface area contributed by atoms with Gasteiger partial charge >= 0.3 is 0 Å². The van der Waals surface area contributed by atoms with Crippen LogP contribution in [0.15, 0.2) is 24.4 Å². The lowest BCUT2D eigenvalue weighted by Gasteiger charge is -2.18. The molecule has 4 nitrogen and oxygen atoms in total. The summed E-state index contributed by atoms with van der Waals surface area (Å²) in [5.41, 5.74) is 1.96. The second kappa shape index (κ2) is 7.38. The molecule has 1 unspecified atom stereocenters. The molecule has 1 aliphatic carbocycles. The second-order valence-corrected chi connectivity index (χ2v) is 13.7. The molecule has 0 saturated carbocycles. The molecule has 0 bridgehead atoms. The van der Waals surface area contributed by atoms with Crippen molar-refractivity contribution < 1.29 is 4.74 Å². The van der Waals surface area contributed by atoms with Crippen molar-refractivity contribution in [2.75, 3.05) is 6.61 Å². The van der Waals surface area contributed by atoms with Crippen LogP contribution >= 0.6 is 11.6 Å². The fourth-order valence-electron chi connectivity index (χ4n) is 3.06. The Hall–Kier alpha value is -1.17. The topological polar surface area (TPSA) is 39.9 Å². The highest BCUT2D eigenvalue weighted by atomic mass is 35.5. The summed E-state index contributed by atoms with van der Waals surface area (Å²) in [5.74, 6) is 0.432. The summed E-state index contributed by atoms with van der Waals surface area (Å²) in [5, 5.41) is 1.43. The van der Waals surface area contributed by atoms with Gasteiger partial charge in [0.1, 0.15) is 12.4 Å². The number of allylic oxidation sites excluding steroid dienone is 2. The Morgan fingerprint density at radius 3 is 2.83 bits per heavy atom. The second-order valence-electron chi connectivity index (χ2n) is 7.73. The maximum Gasteiger partial charge on any atom is 0.224 e. The minimum absolute atomic E-state index is 0.328. The number of nitrogens with zero attached hydrogens (tertiary/aromatic N) is 3. The van der Waals surface area contributed by atoms with E-state index in [0.717, 1.165) is 42.6 Å². The molecule has 0 fully saturated rings. The summed E-state index contributed by atoms with van der Waals surface area (Å²) in [7, 11) is -1.06. The Balaban J connectivity index is 1.78. The van der Waals surface area contributed by atoms with E-state index in [9.17, 15) is 0 Å². The maximum atomic E-state index is 6.20. The smallest absolute Gasteiger partial charge is 0.224 e. The molecule has 0 amide bonds. The van der Waals surface area contributed by atoms with E-state index in [4.69, 9.17) is 16.3 Å². The van der Waals surface area contributed by atoms with Crippen LogP contribution in [0.2, 0.25) is 31.0 Å². The van der Waals surface area contributed by atoms with Crippen LogP contribution in [0.25, 0.3) is 11.0 Å². The Morgan fingerprint density at radius 1 is 1.29 bits per heavy atom. The van der Waals surface area contributed by atoms with Crippen LogP contribution in [-0.2, 0) is 11.5 Å². The van der Waals surface area contributed by atoms with Crippen molar-refractivity contribution in [2.45, 2.75) is 57.6 Å². The van der Waals surface area contributed by atoms with E-state index in [-0.39, 0.29) is 0 Å². The molecular formula is C18H26ClN3OSi. The largest absolute Gasteiger partial charge is 0.361 e. The van der Waals surface area contributed by atoms with Gasteiger partial charge in [0, 0.05) is 32.2 Å². The van der Waals surface area contributed by atoms with Crippen LogP contribution in [-0.4, -0.2) is 29.2 Å². The third-order valence-corrected chi connectivity index (χ3v) is 6.38. The van der Waals surface area contributed by atoms with Crippen molar-refractivity contribution in [1.29, 1.82) is 0 Å². The first kappa shape index (κ1) is 17.6. The first-order valence-corrected chi connectivity index (χ1v) is 12.8. The Morgan fingerprint density at radius 2 is 2.12 bits per heavy atom. The zero-order valence-electron chi connectivity index (χ0n) is 14.8. The maximum absolute atomic E-state index is 6.20. The zero-order valence-corrected chi connectivity index (χ0v) is 16.5. The average molecular weight is 364 g/mol. The van der Waals surface area contributed by atoms with Gasteiger partial charge in [0.2, 0.25) is 5.28 Å². The van der Waals surface area contributed by atoms with E-state index in [0.29, 0.717) is 17.9 Å². The van der Waals surface area contributed by atoms with Gasteiger partial charge in [0.05, 0.1) is 5.69 Å². The Bertz CT molecular complexity index is 736. The lowest BCUT2D eigenvalue weighted by atomic mass is 9.90. The molecule has 24 heavy (non-hydrogen) atoms. The average Bonchev–Trinajstić information content (AvgIpc) is 2.93. The van der Waals surface area contributed by atoms with Crippen molar-refractivity contribution in [2.24, 2.45) is 0 Å². The normalized spacial score (nSPS) is 18.4. The highest BCUT2D eigenvalue weighted by molar-refractivity contribution is 6.76. The molecule has 130 valence electrons. The summed E-state index contributed by atoms with van der Waals surface area (Å²) < 4.78 is 7.91. The number of ether oxygens (including phenoxy) is 1. The monoisotopic (exact) mass is 363 g/mol. The zero-order chi connectivity index (χ0) is 17.2. The van der Waals surface area contributed by atoms with Crippen LogP contribution in [0.4, 0.5) is 0 Å². The minimum atomic E-state index is -1.06. The van der Waals surface area contributed by atoms with E-state index in [2.05, 4.69) is 47.8 Å². The Labute approximate surface area is 149 Å². The predicted molar refractivity (Wildman–Crippen MR) is 102 cm³/mol. The number of rotatable bonds is 6. The summed E-state index contributed by atoms with van der Waals surface area (Å²) in [6.45, 7) is 8.40. The molecule has 0 aliphatic heterocycles. The minimum Gasteiger partial charge on any atom is -0.361 e. The predicted octanol–water partition coefficient (Wildman–Crippen LogP) is 5.22. The van der Waals surface area contributed by atoms with Gasteiger partial charge in [0.25, 0.3) is 0 Å². The molecule has 0 aromatic carbocycles. The summed E-state index contributed by atoms with van der Waals surface area (Å²) >= 11 is 6.20. The van der Waals surface area contributed by atoms with Crippen molar-refractivity contribution in [3.05, 3.63) is 35.4 Å². The van der Waals surface area contributed by atoms with Crippen molar-refractivity contribution in [3.63, 3.8) is 0 Å². The molecule has 2 aromatic rings. The van der Waals surface area contributed by atoms with Crippen LogP contribution in [0.5, 0.6) is 0 Å². The molecule has 1 atom stereocenters.